The van der Waals surface area contributed by atoms with Crippen LogP contribution >= 0.6 is 7.82 Å². The summed E-state index contributed by atoms with van der Waals surface area (Å²) in [7, 11) is -3.91. The summed E-state index contributed by atoms with van der Waals surface area (Å²) in [5.74, 6) is 0. The van der Waals surface area contributed by atoms with E-state index >= 15 is 0 Å². The lowest BCUT2D eigenvalue weighted by Crippen LogP contribution is -2.29. The summed E-state index contributed by atoms with van der Waals surface area (Å²) in [6, 6.07) is 0. The Morgan fingerprint density at radius 2 is 0.935 bits per heavy atom. The van der Waals surface area contributed by atoms with Crippen LogP contribution in [0.15, 0.2) is 0 Å². The Kier molecular flexibility index (Phi) is 23.3. The van der Waals surface area contributed by atoms with Crippen molar-refractivity contribution in [2.75, 3.05) is 32.8 Å². The van der Waals surface area contributed by atoms with Crippen LogP contribution in [0.5, 0.6) is 0 Å². The van der Waals surface area contributed by atoms with E-state index in [4.69, 9.17) is 9.05 Å². The smallest absolute Gasteiger partial charge is 0.302 e. The third kappa shape index (κ3) is 23.0. The van der Waals surface area contributed by atoms with Crippen molar-refractivity contribution < 1.29 is 18.5 Å². The van der Waals surface area contributed by atoms with Gasteiger partial charge >= 0.3 is 7.82 Å². The molecule has 0 aromatic heterocycles. The van der Waals surface area contributed by atoms with Crippen LogP contribution in [0.1, 0.15) is 130 Å². The largest absolute Gasteiger partial charge is 0.472 e. The number of hydrogen-bond acceptors (Lipinski definition) is 4. The summed E-state index contributed by atoms with van der Waals surface area (Å²) in [5, 5.41) is 0. The van der Waals surface area contributed by atoms with Gasteiger partial charge in [0.2, 0.25) is 0 Å². The lowest BCUT2D eigenvalue weighted by atomic mass is 10.0. The van der Waals surface area contributed by atoms with Gasteiger partial charge in [0.05, 0.1) is 13.2 Å². The molecule has 0 bridgehead atoms. The maximum atomic E-state index is 12.0. The highest BCUT2D eigenvalue weighted by molar-refractivity contribution is 7.47. The van der Waals surface area contributed by atoms with Gasteiger partial charge < -0.3 is 9.79 Å². The molecule has 0 saturated carbocycles. The molecule has 31 heavy (non-hydrogen) atoms. The van der Waals surface area contributed by atoms with Crippen molar-refractivity contribution in [2.24, 2.45) is 0 Å². The second kappa shape index (κ2) is 23.2. The molecule has 5 nitrogen and oxygen atoms in total. The van der Waals surface area contributed by atoms with E-state index in [2.05, 4.69) is 25.7 Å². The second-order valence-corrected chi connectivity index (χ2v) is 10.4. The fourth-order valence-electron chi connectivity index (χ4n) is 3.72. The second-order valence-electron chi connectivity index (χ2n) is 8.93. The Labute approximate surface area is 194 Å². The van der Waals surface area contributed by atoms with Crippen molar-refractivity contribution in [3.05, 3.63) is 0 Å². The van der Waals surface area contributed by atoms with Crippen molar-refractivity contribution >= 4 is 7.82 Å². The van der Waals surface area contributed by atoms with Gasteiger partial charge in [-0.05, 0) is 32.4 Å². The molecule has 1 N–H and O–H groups in total. The molecule has 0 aliphatic heterocycles. The highest BCUT2D eigenvalue weighted by atomic mass is 31.2. The van der Waals surface area contributed by atoms with Crippen LogP contribution in [0.2, 0.25) is 0 Å². The normalized spacial score (nSPS) is 13.7. The Morgan fingerprint density at radius 1 is 0.548 bits per heavy atom. The van der Waals surface area contributed by atoms with Gasteiger partial charge in [0, 0.05) is 6.54 Å². The minimum atomic E-state index is -3.91. The summed E-state index contributed by atoms with van der Waals surface area (Å²) in [6.07, 6.45) is 21.3. The minimum absolute atomic E-state index is 0.250. The molecule has 0 spiro atoms. The first-order valence-electron chi connectivity index (χ1n) is 13.4. The summed E-state index contributed by atoms with van der Waals surface area (Å²) in [6.45, 7) is 9.92. The predicted molar refractivity (Wildman–Crippen MR) is 134 cm³/mol. The van der Waals surface area contributed by atoms with E-state index in [-0.39, 0.29) is 6.61 Å². The van der Waals surface area contributed by atoms with Gasteiger partial charge in [-0.25, -0.2) is 4.57 Å². The Balaban J connectivity index is 3.57. The number of nitrogens with zero attached hydrogens (tertiary/aromatic N) is 1. The molecule has 1 unspecified atom stereocenters. The van der Waals surface area contributed by atoms with Crippen molar-refractivity contribution in [3.63, 3.8) is 0 Å². The summed E-state index contributed by atoms with van der Waals surface area (Å²) < 4.78 is 22.4. The summed E-state index contributed by atoms with van der Waals surface area (Å²) >= 11 is 0. The molecule has 188 valence electrons. The third-order valence-corrected chi connectivity index (χ3v) is 6.84. The quantitative estimate of drug-likeness (QED) is 0.109. The van der Waals surface area contributed by atoms with Crippen LogP contribution in [0, 0.1) is 0 Å². The molecule has 0 aliphatic carbocycles. The van der Waals surface area contributed by atoms with Gasteiger partial charge in [0.1, 0.15) is 0 Å². The average Bonchev–Trinajstić information content (AvgIpc) is 2.75. The molecule has 0 amide bonds. The highest BCUT2D eigenvalue weighted by Crippen LogP contribution is 2.43. The fourth-order valence-corrected chi connectivity index (χ4v) is 4.47. The molecule has 0 saturated heterocycles. The van der Waals surface area contributed by atoms with Gasteiger partial charge in [0.25, 0.3) is 0 Å². The zero-order chi connectivity index (χ0) is 23.0. The average molecular weight is 464 g/mol. The first-order valence-corrected chi connectivity index (χ1v) is 14.9. The summed E-state index contributed by atoms with van der Waals surface area (Å²) in [4.78, 5) is 12.2. The van der Waals surface area contributed by atoms with Crippen LogP contribution in [-0.4, -0.2) is 42.6 Å². The first kappa shape index (κ1) is 31.1. The Hall–Kier alpha value is 0.0700. The van der Waals surface area contributed by atoms with E-state index < -0.39 is 7.82 Å². The van der Waals surface area contributed by atoms with E-state index in [1.807, 2.05) is 0 Å². The number of rotatable bonds is 25. The first-order chi connectivity index (χ1) is 15.1. The SMILES string of the molecule is CCCCCCCCCCCCCCCOP(=O)(O)OCCN(CCCC)CCCC. The molecular formula is C25H54NO4P. The number of unbranched alkanes of at least 4 members (excludes halogenated alkanes) is 14. The van der Waals surface area contributed by atoms with Crippen molar-refractivity contribution in [2.45, 2.75) is 130 Å². The minimum Gasteiger partial charge on any atom is -0.302 e. The molecular weight excluding hydrogens is 409 g/mol. The zero-order valence-corrected chi connectivity index (χ0v) is 22.0. The van der Waals surface area contributed by atoms with Crippen molar-refractivity contribution in [1.29, 1.82) is 0 Å². The predicted octanol–water partition coefficient (Wildman–Crippen LogP) is 8.11. The molecule has 0 aliphatic rings. The van der Waals surface area contributed by atoms with E-state index in [0.29, 0.717) is 13.2 Å². The van der Waals surface area contributed by atoms with Gasteiger partial charge in [0.15, 0.2) is 0 Å². The highest BCUT2D eigenvalue weighted by Gasteiger charge is 2.20. The number of phosphoric ester groups is 1. The zero-order valence-electron chi connectivity index (χ0n) is 21.1. The van der Waals surface area contributed by atoms with Crippen molar-refractivity contribution in [1.82, 2.24) is 4.90 Å². The van der Waals surface area contributed by atoms with Gasteiger partial charge in [-0.2, -0.15) is 0 Å². The van der Waals surface area contributed by atoms with Crippen LogP contribution in [-0.2, 0) is 13.6 Å². The van der Waals surface area contributed by atoms with E-state index in [1.165, 1.54) is 70.6 Å². The molecule has 0 radical (unpaired) electrons. The van der Waals surface area contributed by atoms with Gasteiger partial charge in [-0.15, -0.1) is 0 Å². The molecule has 1 atom stereocenters. The van der Waals surface area contributed by atoms with Gasteiger partial charge in [-0.3, -0.25) is 9.05 Å². The molecule has 0 aromatic carbocycles. The standard InChI is InChI=1S/C25H54NO4P/c1-4-7-10-11-12-13-14-15-16-17-18-19-20-24-29-31(27,28)30-25-23-26(21-8-5-2)22-9-6-3/h4-25H2,1-3H3,(H,27,28). The van der Waals surface area contributed by atoms with Crippen LogP contribution < -0.4 is 0 Å². The monoisotopic (exact) mass is 463 g/mol. The molecule has 0 heterocycles. The third-order valence-electron chi connectivity index (χ3n) is 5.82. The van der Waals surface area contributed by atoms with Gasteiger partial charge in [-0.1, -0.05) is 111 Å². The van der Waals surface area contributed by atoms with E-state index in [9.17, 15) is 9.46 Å². The lowest BCUT2D eigenvalue weighted by molar-refractivity contribution is 0.128. The maximum Gasteiger partial charge on any atom is 0.472 e. The molecule has 0 aromatic rings. The maximum absolute atomic E-state index is 12.0. The fraction of sp³-hybridized carbons (Fsp3) is 1.00. The van der Waals surface area contributed by atoms with E-state index in [0.717, 1.165) is 51.6 Å². The van der Waals surface area contributed by atoms with Crippen LogP contribution in [0.4, 0.5) is 0 Å². The molecule has 0 rings (SSSR count). The molecule has 6 heteroatoms. The molecule has 0 fully saturated rings. The Morgan fingerprint density at radius 3 is 1.39 bits per heavy atom. The van der Waals surface area contributed by atoms with Crippen molar-refractivity contribution in [3.8, 4) is 0 Å². The van der Waals surface area contributed by atoms with Crippen LogP contribution in [0.25, 0.3) is 0 Å². The number of hydrogen-bond donors (Lipinski definition) is 1. The Bertz CT molecular complexity index is 401. The summed E-state index contributed by atoms with van der Waals surface area (Å²) in [5.41, 5.74) is 0. The lowest BCUT2D eigenvalue weighted by Gasteiger charge is -2.22. The van der Waals surface area contributed by atoms with E-state index in [1.54, 1.807) is 0 Å². The topological polar surface area (TPSA) is 59.0 Å². The van der Waals surface area contributed by atoms with Crippen LogP contribution in [0.3, 0.4) is 0 Å². The number of phosphoric acid groups is 1.